The molecule has 146 valence electrons. The first-order valence-electron chi connectivity index (χ1n) is 11.0. The lowest BCUT2D eigenvalue weighted by Gasteiger charge is -2.29. The average Bonchev–Trinajstić information content (AvgIpc) is 3.30. The quantitative estimate of drug-likeness (QED) is 0.297. The highest BCUT2D eigenvalue weighted by atomic mass is 15.0. The number of hydrogen-bond acceptors (Lipinski definition) is 0. The highest BCUT2D eigenvalue weighted by Crippen LogP contribution is 2.55. The van der Waals surface area contributed by atoms with Crippen LogP contribution in [0.1, 0.15) is 37.8 Å². The summed E-state index contributed by atoms with van der Waals surface area (Å²) in [7, 11) is 0. The van der Waals surface area contributed by atoms with Gasteiger partial charge in [-0.05, 0) is 47.7 Å². The largest absolute Gasteiger partial charge is 0.309 e. The van der Waals surface area contributed by atoms with Gasteiger partial charge in [-0.2, -0.15) is 0 Å². The molecule has 5 aromatic rings. The van der Waals surface area contributed by atoms with Crippen LogP contribution in [-0.4, -0.2) is 4.57 Å². The van der Waals surface area contributed by atoms with Crippen LogP contribution in [0.25, 0.3) is 38.6 Å². The van der Waals surface area contributed by atoms with E-state index in [4.69, 9.17) is 0 Å². The third-order valence-corrected chi connectivity index (χ3v) is 7.29. The molecule has 1 nitrogen and oxygen atoms in total. The lowest BCUT2D eigenvalue weighted by atomic mass is 9.74. The Bertz CT molecular complexity index is 1400. The monoisotopic (exact) mass is 387 g/mol. The summed E-state index contributed by atoms with van der Waals surface area (Å²) in [6.07, 6.45) is 2.23. The zero-order chi connectivity index (χ0) is 20.3. The predicted octanol–water partition coefficient (Wildman–Crippen LogP) is 7.87. The summed E-state index contributed by atoms with van der Waals surface area (Å²) in [6, 6.07) is 33.5. The van der Waals surface area contributed by atoms with Crippen molar-refractivity contribution >= 4 is 21.8 Å². The number of nitrogens with zero attached hydrogens (tertiary/aromatic N) is 1. The van der Waals surface area contributed by atoms with Gasteiger partial charge in [0.05, 0.1) is 11.0 Å². The van der Waals surface area contributed by atoms with Crippen LogP contribution in [0.3, 0.4) is 0 Å². The highest BCUT2D eigenvalue weighted by molar-refractivity contribution is 6.15. The first kappa shape index (κ1) is 17.5. The highest BCUT2D eigenvalue weighted by Gasteiger charge is 2.41. The van der Waals surface area contributed by atoms with Gasteiger partial charge in [0.25, 0.3) is 0 Å². The molecule has 1 aliphatic rings. The van der Waals surface area contributed by atoms with Crippen molar-refractivity contribution in [2.45, 2.75) is 32.1 Å². The lowest BCUT2D eigenvalue weighted by molar-refractivity contribution is 0.490. The minimum absolute atomic E-state index is 0.0953. The van der Waals surface area contributed by atoms with Gasteiger partial charge < -0.3 is 4.57 Å². The molecule has 1 aromatic heterocycles. The fourth-order valence-corrected chi connectivity index (χ4v) is 5.85. The standard InChI is InChI=1S/C29H25N/c1-3-29(4-2)24-16-10-8-15-23(24)27-25(29)19-18-22-21-14-9-11-17-26(21)30(28(22)27)20-12-6-5-7-13-20/h5-19H,3-4H2,1-2H3. The van der Waals surface area contributed by atoms with Crippen molar-refractivity contribution in [3.8, 4) is 16.8 Å². The normalized spacial score (nSPS) is 14.2. The topological polar surface area (TPSA) is 4.93 Å². The lowest BCUT2D eigenvalue weighted by Crippen LogP contribution is -2.22. The summed E-state index contributed by atoms with van der Waals surface area (Å²) in [4.78, 5) is 0. The van der Waals surface area contributed by atoms with E-state index in [1.54, 1.807) is 0 Å². The maximum Gasteiger partial charge on any atom is 0.0622 e. The predicted molar refractivity (Wildman–Crippen MR) is 128 cm³/mol. The van der Waals surface area contributed by atoms with Crippen LogP contribution in [0.4, 0.5) is 0 Å². The van der Waals surface area contributed by atoms with Crippen LogP contribution in [0.5, 0.6) is 0 Å². The van der Waals surface area contributed by atoms with Crippen molar-refractivity contribution in [2.24, 2.45) is 0 Å². The van der Waals surface area contributed by atoms with Crippen LogP contribution in [0, 0.1) is 0 Å². The second-order valence-electron chi connectivity index (χ2n) is 8.41. The molecule has 6 rings (SSSR count). The molecule has 1 heterocycles. The van der Waals surface area contributed by atoms with Crippen molar-refractivity contribution in [1.82, 2.24) is 4.57 Å². The molecule has 0 saturated heterocycles. The fraction of sp³-hybridized carbons (Fsp3) is 0.172. The van der Waals surface area contributed by atoms with Crippen molar-refractivity contribution in [2.75, 3.05) is 0 Å². The number of aromatic nitrogens is 1. The first-order chi connectivity index (χ1) is 14.8. The van der Waals surface area contributed by atoms with Crippen LogP contribution in [0.15, 0.2) is 91.0 Å². The molecule has 0 unspecified atom stereocenters. The van der Waals surface area contributed by atoms with Gasteiger partial charge in [-0.15, -0.1) is 0 Å². The van der Waals surface area contributed by atoms with Gasteiger partial charge in [0.15, 0.2) is 0 Å². The van der Waals surface area contributed by atoms with Crippen LogP contribution in [-0.2, 0) is 5.41 Å². The molecule has 0 N–H and O–H groups in total. The molecule has 1 heteroatoms. The van der Waals surface area contributed by atoms with Crippen molar-refractivity contribution in [3.63, 3.8) is 0 Å². The summed E-state index contributed by atoms with van der Waals surface area (Å²) in [5.41, 5.74) is 9.74. The Morgan fingerprint density at radius 3 is 2.13 bits per heavy atom. The van der Waals surface area contributed by atoms with E-state index in [2.05, 4.69) is 109 Å². The summed E-state index contributed by atoms with van der Waals surface area (Å²) >= 11 is 0. The van der Waals surface area contributed by atoms with Crippen molar-refractivity contribution in [1.29, 1.82) is 0 Å². The third kappa shape index (κ3) is 2.07. The minimum Gasteiger partial charge on any atom is -0.309 e. The summed E-state index contributed by atoms with van der Waals surface area (Å²) in [5, 5.41) is 2.66. The number of benzene rings is 4. The molecular weight excluding hydrogens is 362 g/mol. The molecular formula is C29H25N. The molecule has 0 bridgehead atoms. The van der Waals surface area contributed by atoms with E-state index < -0.39 is 0 Å². The number of hydrogen-bond donors (Lipinski definition) is 0. The van der Waals surface area contributed by atoms with Crippen molar-refractivity contribution < 1.29 is 0 Å². The molecule has 0 aliphatic heterocycles. The Kier molecular flexibility index (Phi) is 3.70. The SMILES string of the molecule is CCC1(CC)c2ccccc2-c2c1ccc1c3ccccc3n(-c3ccccc3)c21. The van der Waals surface area contributed by atoms with E-state index in [9.17, 15) is 0 Å². The van der Waals surface area contributed by atoms with Gasteiger partial charge in [-0.1, -0.05) is 86.6 Å². The molecule has 0 atom stereocenters. The number of fused-ring (bicyclic) bond motifs is 7. The summed E-state index contributed by atoms with van der Waals surface area (Å²) in [5.74, 6) is 0. The maximum atomic E-state index is 2.47. The van der Waals surface area contributed by atoms with Crippen molar-refractivity contribution in [3.05, 3.63) is 102 Å². The van der Waals surface area contributed by atoms with E-state index in [1.165, 1.54) is 49.7 Å². The molecule has 1 aliphatic carbocycles. The Balaban J connectivity index is 1.87. The zero-order valence-corrected chi connectivity index (χ0v) is 17.5. The molecule has 0 amide bonds. The maximum absolute atomic E-state index is 2.47. The second-order valence-corrected chi connectivity index (χ2v) is 8.41. The second kappa shape index (κ2) is 6.34. The minimum atomic E-state index is 0.0953. The molecule has 0 spiro atoms. The van der Waals surface area contributed by atoms with Crippen LogP contribution >= 0.6 is 0 Å². The zero-order valence-electron chi connectivity index (χ0n) is 17.5. The summed E-state index contributed by atoms with van der Waals surface area (Å²) < 4.78 is 2.47. The Labute approximate surface area is 177 Å². The van der Waals surface area contributed by atoms with Gasteiger partial charge in [0.1, 0.15) is 0 Å². The van der Waals surface area contributed by atoms with Gasteiger partial charge >= 0.3 is 0 Å². The Hall–Kier alpha value is -3.32. The van der Waals surface area contributed by atoms with Gasteiger partial charge in [-0.3, -0.25) is 0 Å². The molecule has 4 aromatic carbocycles. The molecule has 0 saturated carbocycles. The van der Waals surface area contributed by atoms with Crippen LogP contribution < -0.4 is 0 Å². The number of rotatable bonds is 3. The van der Waals surface area contributed by atoms with E-state index in [-0.39, 0.29) is 5.41 Å². The van der Waals surface area contributed by atoms with E-state index in [0.717, 1.165) is 12.8 Å². The fourth-order valence-electron chi connectivity index (χ4n) is 5.85. The molecule has 0 fully saturated rings. The summed E-state index contributed by atoms with van der Waals surface area (Å²) in [6.45, 7) is 4.68. The number of para-hydroxylation sites is 2. The van der Waals surface area contributed by atoms with E-state index >= 15 is 0 Å². The van der Waals surface area contributed by atoms with Gasteiger partial charge in [0, 0.05) is 27.4 Å². The van der Waals surface area contributed by atoms with Gasteiger partial charge in [0.2, 0.25) is 0 Å². The average molecular weight is 388 g/mol. The first-order valence-corrected chi connectivity index (χ1v) is 11.0. The molecule has 30 heavy (non-hydrogen) atoms. The Morgan fingerprint density at radius 1 is 0.633 bits per heavy atom. The van der Waals surface area contributed by atoms with Gasteiger partial charge in [-0.25, -0.2) is 0 Å². The van der Waals surface area contributed by atoms with E-state index in [1.807, 2.05) is 0 Å². The van der Waals surface area contributed by atoms with E-state index in [0.29, 0.717) is 0 Å². The Morgan fingerprint density at radius 2 is 1.33 bits per heavy atom. The van der Waals surface area contributed by atoms with Crippen LogP contribution in [0.2, 0.25) is 0 Å². The molecule has 0 radical (unpaired) electrons. The third-order valence-electron chi connectivity index (χ3n) is 7.29. The smallest absolute Gasteiger partial charge is 0.0622 e.